The molecule has 1 aliphatic heterocycles. The van der Waals surface area contributed by atoms with Crippen molar-refractivity contribution in [3.8, 4) is 5.75 Å². The number of rotatable bonds is 3. The molecule has 21 heavy (non-hydrogen) atoms. The normalized spacial score (nSPS) is 13.8. The molecule has 0 unspecified atom stereocenters. The zero-order valence-electron chi connectivity index (χ0n) is 11.4. The van der Waals surface area contributed by atoms with Crippen LogP contribution in [0.15, 0.2) is 58.3 Å². The number of amides is 1. The van der Waals surface area contributed by atoms with Gasteiger partial charge in [-0.05, 0) is 24.3 Å². The van der Waals surface area contributed by atoms with Crippen molar-refractivity contribution in [1.82, 2.24) is 0 Å². The van der Waals surface area contributed by atoms with E-state index >= 15 is 0 Å². The second-order valence-corrected chi connectivity index (χ2v) is 6.77. The van der Waals surface area contributed by atoms with Gasteiger partial charge >= 0.3 is 0 Å². The van der Waals surface area contributed by atoms with E-state index in [0.717, 1.165) is 27.8 Å². The third-order valence-corrected chi connectivity index (χ3v) is 5.34. The number of fused-ring (bicyclic) bond motifs is 1. The minimum absolute atomic E-state index is 0.0796. The van der Waals surface area contributed by atoms with Gasteiger partial charge in [0.15, 0.2) is 0 Å². The summed E-state index contributed by atoms with van der Waals surface area (Å²) in [7, 11) is 0. The number of para-hydroxylation sites is 2. The van der Waals surface area contributed by atoms with Crippen LogP contribution >= 0.6 is 23.5 Å². The number of phenolic OH excluding ortho intramolecular Hbond substituents is 1. The molecule has 0 fully saturated rings. The van der Waals surface area contributed by atoms with Gasteiger partial charge in [-0.25, -0.2) is 0 Å². The first kappa shape index (κ1) is 14.4. The van der Waals surface area contributed by atoms with Crippen LogP contribution < -0.4 is 4.90 Å². The molecule has 0 saturated heterocycles. The summed E-state index contributed by atoms with van der Waals surface area (Å²) in [6.07, 6.45) is 0. The summed E-state index contributed by atoms with van der Waals surface area (Å²) in [4.78, 5) is 16.2. The molecule has 3 rings (SSSR count). The van der Waals surface area contributed by atoms with E-state index in [0.29, 0.717) is 5.75 Å². The Bertz CT molecular complexity index is 660. The molecule has 0 aliphatic carbocycles. The summed E-state index contributed by atoms with van der Waals surface area (Å²) in [5.41, 5.74) is 0.997. The van der Waals surface area contributed by atoms with Gasteiger partial charge in [-0.2, -0.15) is 0 Å². The van der Waals surface area contributed by atoms with Gasteiger partial charge in [0, 0.05) is 22.1 Å². The average Bonchev–Trinajstić information content (AvgIpc) is 2.53. The number of thioether (sulfide) groups is 2. The Morgan fingerprint density at radius 1 is 1.19 bits per heavy atom. The van der Waals surface area contributed by atoms with Crippen molar-refractivity contribution >= 4 is 35.1 Å². The molecule has 108 valence electrons. The lowest BCUT2D eigenvalue weighted by atomic mass is 10.3. The lowest BCUT2D eigenvalue weighted by Gasteiger charge is -2.28. The van der Waals surface area contributed by atoms with Crippen molar-refractivity contribution in [1.29, 1.82) is 0 Å². The molecule has 0 bridgehead atoms. The molecule has 5 heteroatoms. The quantitative estimate of drug-likeness (QED) is 0.878. The van der Waals surface area contributed by atoms with Crippen LogP contribution in [-0.4, -0.2) is 29.1 Å². The number of carbonyl (C=O) groups excluding carboxylic acids is 1. The molecule has 0 spiro atoms. The Morgan fingerprint density at radius 3 is 2.81 bits per heavy atom. The van der Waals surface area contributed by atoms with Crippen molar-refractivity contribution in [2.75, 3.05) is 23.0 Å². The predicted molar refractivity (Wildman–Crippen MR) is 88.3 cm³/mol. The molecule has 0 saturated carbocycles. The zero-order valence-corrected chi connectivity index (χ0v) is 13.0. The lowest BCUT2D eigenvalue weighted by Crippen LogP contribution is -2.36. The second-order valence-electron chi connectivity index (χ2n) is 4.62. The van der Waals surface area contributed by atoms with Crippen LogP contribution in [0.4, 0.5) is 5.69 Å². The first-order valence-electron chi connectivity index (χ1n) is 6.69. The minimum atomic E-state index is 0.0796. The summed E-state index contributed by atoms with van der Waals surface area (Å²) >= 11 is 3.16. The van der Waals surface area contributed by atoms with E-state index < -0.39 is 0 Å². The van der Waals surface area contributed by atoms with E-state index in [9.17, 15) is 9.90 Å². The number of benzene rings is 2. The van der Waals surface area contributed by atoms with Gasteiger partial charge in [-0.3, -0.25) is 4.79 Å². The largest absolute Gasteiger partial charge is 0.507 e. The molecule has 1 amide bonds. The van der Waals surface area contributed by atoms with E-state index in [4.69, 9.17) is 0 Å². The first-order valence-corrected chi connectivity index (χ1v) is 8.66. The highest BCUT2D eigenvalue weighted by Gasteiger charge is 2.22. The van der Waals surface area contributed by atoms with Crippen LogP contribution in [-0.2, 0) is 4.79 Å². The number of nitrogens with zero attached hydrogens (tertiary/aromatic N) is 1. The van der Waals surface area contributed by atoms with Crippen molar-refractivity contribution in [2.24, 2.45) is 0 Å². The summed E-state index contributed by atoms with van der Waals surface area (Å²) in [6, 6.07) is 15.1. The highest BCUT2D eigenvalue weighted by molar-refractivity contribution is 8.00. The molecule has 0 aromatic heterocycles. The molecule has 0 atom stereocenters. The van der Waals surface area contributed by atoms with Gasteiger partial charge in [-0.15, -0.1) is 23.5 Å². The van der Waals surface area contributed by atoms with E-state index in [1.165, 1.54) is 11.8 Å². The molecule has 1 heterocycles. The highest BCUT2D eigenvalue weighted by atomic mass is 32.2. The Balaban J connectivity index is 1.71. The van der Waals surface area contributed by atoms with Crippen LogP contribution in [0, 0.1) is 0 Å². The predicted octanol–water partition coefficient (Wildman–Crippen LogP) is 3.62. The van der Waals surface area contributed by atoms with Gasteiger partial charge < -0.3 is 10.0 Å². The van der Waals surface area contributed by atoms with Gasteiger partial charge in [0.1, 0.15) is 5.75 Å². The molecule has 1 N–H and O–H groups in total. The fourth-order valence-electron chi connectivity index (χ4n) is 2.23. The zero-order chi connectivity index (χ0) is 14.7. The maximum absolute atomic E-state index is 12.5. The van der Waals surface area contributed by atoms with Gasteiger partial charge in [0.25, 0.3) is 0 Å². The third-order valence-electron chi connectivity index (χ3n) is 3.25. The maximum atomic E-state index is 12.5. The summed E-state index contributed by atoms with van der Waals surface area (Å²) in [6.45, 7) is 0.738. The van der Waals surface area contributed by atoms with Crippen molar-refractivity contribution in [3.63, 3.8) is 0 Å². The summed E-state index contributed by atoms with van der Waals surface area (Å²) in [5, 5.41) is 9.74. The fourth-order valence-corrected chi connectivity index (χ4v) is 4.05. The summed E-state index contributed by atoms with van der Waals surface area (Å²) in [5.74, 6) is 1.56. The van der Waals surface area contributed by atoms with Crippen LogP contribution in [0.1, 0.15) is 0 Å². The van der Waals surface area contributed by atoms with Crippen LogP contribution in [0.2, 0.25) is 0 Å². The van der Waals surface area contributed by atoms with Gasteiger partial charge in [-0.1, -0.05) is 24.3 Å². The van der Waals surface area contributed by atoms with Gasteiger partial charge in [0.05, 0.1) is 11.4 Å². The minimum Gasteiger partial charge on any atom is -0.507 e. The van der Waals surface area contributed by atoms with Crippen LogP contribution in [0.5, 0.6) is 5.75 Å². The third kappa shape index (κ3) is 3.19. The average molecular weight is 317 g/mol. The number of hydrogen-bond donors (Lipinski definition) is 1. The Labute approximate surface area is 132 Å². The van der Waals surface area contributed by atoms with Crippen LogP contribution in [0.3, 0.4) is 0 Å². The summed E-state index contributed by atoms with van der Waals surface area (Å²) < 4.78 is 0. The highest BCUT2D eigenvalue weighted by Crippen LogP contribution is 2.35. The molecule has 2 aromatic rings. The standard InChI is InChI=1S/C16H15NO2S2/c18-13-6-2-4-8-15(13)21-11-16(19)17-9-10-20-14-7-3-1-5-12(14)17/h1-8,18H,9-11H2. The van der Waals surface area contributed by atoms with Crippen molar-refractivity contribution in [2.45, 2.75) is 9.79 Å². The molecule has 1 aliphatic rings. The number of aromatic hydroxyl groups is 1. The molecule has 2 aromatic carbocycles. The number of anilines is 1. The number of carbonyl (C=O) groups is 1. The molecule has 3 nitrogen and oxygen atoms in total. The maximum Gasteiger partial charge on any atom is 0.237 e. The SMILES string of the molecule is O=C(CSc1ccccc1O)N1CCSc2ccccc21. The number of hydrogen-bond acceptors (Lipinski definition) is 4. The van der Waals surface area contributed by atoms with E-state index in [1.807, 2.05) is 35.2 Å². The second kappa shape index (κ2) is 6.45. The smallest absolute Gasteiger partial charge is 0.237 e. The van der Waals surface area contributed by atoms with Crippen LogP contribution in [0.25, 0.3) is 0 Å². The molecular formula is C16H15NO2S2. The Morgan fingerprint density at radius 2 is 1.95 bits per heavy atom. The Hall–Kier alpha value is -1.59. The Kier molecular flexibility index (Phi) is 4.41. The van der Waals surface area contributed by atoms with E-state index in [2.05, 4.69) is 6.07 Å². The molecule has 0 radical (unpaired) electrons. The van der Waals surface area contributed by atoms with Crippen molar-refractivity contribution < 1.29 is 9.90 Å². The van der Waals surface area contributed by atoms with E-state index in [1.54, 1.807) is 23.9 Å². The van der Waals surface area contributed by atoms with Crippen molar-refractivity contribution in [3.05, 3.63) is 48.5 Å². The van der Waals surface area contributed by atoms with Gasteiger partial charge in [0.2, 0.25) is 5.91 Å². The molecular weight excluding hydrogens is 302 g/mol. The monoisotopic (exact) mass is 317 g/mol. The number of phenols is 1. The first-order chi connectivity index (χ1) is 10.3. The topological polar surface area (TPSA) is 40.5 Å². The lowest BCUT2D eigenvalue weighted by molar-refractivity contribution is -0.116. The van der Waals surface area contributed by atoms with E-state index in [-0.39, 0.29) is 11.7 Å². The fraction of sp³-hybridized carbons (Fsp3) is 0.188.